The van der Waals surface area contributed by atoms with Gasteiger partial charge in [0.1, 0.15) is 4.90 Å². The molecule has 2 heterocycles. The molecule has 0 radical (unpaired) electrons. The third-order valence-corrected chi connectivity index (χ3v) is 7.00. The van der Waals surface area contributed by atoms with Crippen LogP contribution in [0.4, 0.5) is 23.7 Å². The molecule has 0 unspecified atom stereocenters. The molecule has 2 aromatic rings. The van der Waals surface area contributed by atoms with Crippen molar-refractivity contribution in [3.05, 3.63) is 41.2 Å². The van der Waals surface area contributed by atoms with Gasteiger partial charge in [-0.05, 0) is 38.5 Å². The molecule has 2 amide bonds. The van der Waals surface area contributed by atoms with Crippen LogP contribution in [0.1, 0.15) is 23.4 Å². The van der Waals surface area contributed by atoms with Gasteiger partial charge in [0.2, 0.25) is 10.0 Å². The molecule has 30 heavy (non-hydrogen) atoms. The SMILES string of the molecule is Cc1n[nH]c(C)c1S(=O)(=O)N1CCCN(C(=O)Nc2cccc(C(F)(F)F)c2)CC1. The number of hydrogen-bond acceptors (Lipinski definition) is 4. The number of aromatic nitrogens is 2. The van der Waals surface area contributed by atoms with Crippen LogP contribution in [0.2, 0.25) is 0 Å². The van der Waals surface area contributed by atoms with Gasteiger partial charge in [-0.15, -0.1) is 0 Å². The molecule has 1 aliphatic heterocycles. The first-order chi connectivity index (χ1) is 14.0. The summed E-state index contributed by atoms with van der Waals surface area (Å²) in [7, 11) is -3.78. The van der Waals surface area contributed by atoms with Gasteiger partial charge in [-0.1, -0.05) is 6.07 Å². The number of hydrogen-bond donors (Lipinski definition) is 2. The van der Waals surface area contributed by atoms with Gasteiger partial charge in [-0.3, -0.25) is 5.10 Å². The number of benzene rings is 1. The van der Waals surface area contributed by atoms with Gasteiger partial charge in [0.25, 0.3) is 0 Å². The molecule has 0 bridgehead atoms. The molecule has 3 rings (SSSR count). The lowest BCUT2D eigenvalue weighted by molar-refractivity contribution is -0.137. The number of carbonyl (C=O) groups is 1. The molecule has 1 aromatic carbocycles. The predicted molar refractivity (Wildman–Crippen MR) is 103 cm³/mol. The average Bonchev–Trinajstić information content (AvgIpc) is 2.86. The van der Waals surface area contributed by atoms with Crippen molar-refractivity contribution in [1.82, 2.24) is 19.4 Å². The zero-order chi connectivity index (χ0) is 22.1. The number of urea groups is 1. The van der Waals surface area contributed by atoms with Crippen LogP contribution in [-0.4, -0.2) is 60.0 Å². The first-order valence-corrected chi connectivity index (χ1v) is 10.7. The minimum Gasteiger partial charge on any atom is -0.323 e. The number of carbonyl (C=O) groups excluding carboxylic acids is 1. The number of nitrogens with one attached hydrogen (secondary N) is 2. The summed E-state index contributed by atoms with van der Waals surface area (Å²) >= 11 is 0. The molecule has 0 aliphatic carbocycles. The molecule has 1 fully saturated rings. The fourth-order valence-corrected chi connectivity index (χ4v) is 5.16. The minimum atomic E-state index is -4.51. The molecule has 1 saturated heterocycles. The molecule has 0 spiro atoms. The third kappa shape index (κ3) is 4.59. The largest absolute Gasteiger partial charge is 0.416 e. The summed E-state index contributed by atoms with van der Waals surface area (Å²) < 4.78 is 65.8. The van der Waals surface area contributed by atoms with E-state index in [4.69, 9.17) is 0 Å². The predicted octanol–water partition coefficient (Wildman–Crippen LogP) is 2.97. The number of aromatic amines is 1. The number of rotatable bonds is 3. The molecule has 0 saturated carbocycles. The normalized spacial score (nSPS) is 16.4. The summed E-state index contributed by atoms with van der Waals surface area (Å²) in [5, 5.41) is 9.04. The molecule has 1 aliphatic rings. The van der Waals surface area contributed by atoms with Crippen LogP contribution in [0.25, 0.3) is 0 Å². The Hall–Kier alpha value is -2.60. The molecule has 1 aromatic heterocycles. The number of nitrogens with zero attached hydrogens (tertiary/aromatic N) is 3. The van der Waals surface area contributed by atoms with E-state index in [0.29, 0.717) is 17.8 Å². The van der Waals surface area contributed by atoms with Crippen LogP contribution in [0.5, 0.6) is 0 Å². The number of H-pyrrole nitrogens is 1. The third-order valence-electron chi connectivity index (χ3n) is 4.84. The van der Waals surface area contributed by atoms with Crippen LogP contribution in [0.15, 0.2) is 29.2 Å². The van der Waals surface area contributed by atoms with E-state index in [1.165, 1.54) is 21.3 Å². The van der Waals surface area contributed by atoms with Crippen molar-refractivity contribution in [3.8, 4) is 0 Å². The standard InChI is InChI=1S/C18H22F3N5O3S/c1-12-16(13(2)24-23-12)30(28,29)26-8-4-7-25(9-10-26)17(27)22-15-6-3-5-14(11-15)18(19,20)21/h3,5-6,11H,4,7-10H2,1-2H3,(H,22,27)(H,23,24). The lowest BCUT2D eigenvalue weighted by Gasteiger charge is -2.22. The van der Waals surface area contributed by atoms with E-state index < -0.39 is 27.8 Å². The smallest absolute Gasteiger partial charge is 0.323 e. The zero-order valence-corrected chi connectivity index (χ0v) is 17.3. The van der Waals surface area contributed by atoms with Crippen molar-refractivity contribution in [2.75, 3.05) is 31.5 Å². The quantitative estimate of drug-likeness (QED) is 0.759. The highest BCUT2D eigenvalue weighted by molar-refractivity contribution is 7.89. The van der Waals surface area contributed by atoms with Gasteiger partial charge < -0.3 is 10.2 Å². The summed E-state index contributed by atoms with van der Waals surface area (Å²) in [5.41, 5.74) is -0.0285. The number of sulfonamides is 1. The lowest BCUT2D eigenvalue weighted by Crippen LogP contribution is -2.39. The van der Waals surface area contributed by atoms with Gasteiger partial charge in [0, 0.05) is 31.9 Å². The van der Waals surface area contributed by atoms with Gasteiger partial charge in [-0.25, -0.2) is 13.2 Å². The molecular formula is C18H22F3N5O3S. The number of halogens is 3. The summed E-state index contributed by atoms with van der Waals surface area (Å²) in [5.74, 6) is 0. The van der Waals surface area contributed by atoms with Gasteiger partial charge in [0.05, 0.1) is 17.0 Å². The minimum absolute atomic E-state index is 0.0215. The fraction of sp³-hybridized carbons (Fsp3) is 0.444. The van der Waals surface area contributed by atoms with Crippen LogP contribution in [0.3, 0.4) is 0 Å². The van der Waals surface area contributed by atoms with Crippen LogP contribution in [0, 0.1) is 13.8 Å². The zero-order valence-electron chi connectivity index (χ0n) is 16.5. The molecule has 2 N–H and O–H groups in total. The van der Waals surface area contributed by atoms with E-state index in [2.05, 4.69) is 15.5 Å². The first kappa shape index (κ1) is 22.1. The molecule has 0 atom stereocenters. The highest BCUT2D eigenvalue weighted by Crippen LogP contribution is 2.30. The maximum atomic E-state index is 13.0. The van der Waals surface area contributed by atoms with E-state index >= 15 is 0 Å². The number of amides is 2. The average molecular weight is 445 g/mol. The van der Waals surface area contributed by atoms with E-state index in [-0.39, 0.29) is 36.8 Å². The Bertz CT molecular complexity index is 1020. The van der Waals surface area contributed by atoms with Crippen molar-refractivity contribution in [2.24, 2.45) is 0 Å². The van der Waals surface area contributed by atoms with Gasteiger partial charge >= 0.3 is 12.2 Å². The highest BCUT2D eigenvalue weighted by atomic mass is 32.2. The van der Waals surface area contributed by atoms with E-state index in [9.17, 15) is 26.4 Å². The Kier molecular flexibility index (Phi) is 6.09. The summed E-state index contributed by atoms with van der Waals surface area (Å²) in [6.45, 7) is 3.91. The summed E-state index contributed by atoms with van der Waals surface area (Å²) in [6.07, 6.45) is -4.12. The van der Waals surface area contributed by atoms with Crippen molar-refractivity contribution >= 4 is 21.7 Å². The molecular weight excluding hydrogens is 423 g/mol. The van der Waals surface area contributed by atoms with E-state index in [0.717, 1.165) is 12.1 Å². The second-order valence-corrected chi connectivity index (χ2v) is 8.89. The van der Waals surface area contributed by atoms with Gasteiger partial charge in [0.15, 0.2) is 0 Å². The number of alkyl halides is 3. The summed E-state index contributed by atoms with van der Waals surface area (Å²) in [6, 6.07) is 3.78. The second-order valence-electron chi connectivity index (χ2n) is 7.02. The molecule has 8 nitrogen and oxygen atoms in total. The lowest BCUT2D eigenvalue weighted by atomic mass is 10.2. The number of anilines is 1. The second kappa shape index (κ2) is 8.26. The van der Waals surface area contributed by atoms with Gasteiger partial charge in [-0.2, -0.15) is 22.6 Å². The van der Waals surface area contributed by atoms with Crippen LogP contribution >= 0.6 is 0 Å². The van der Waals surface area contributed by atoms with Crippen LogP contribution < -0.4 is 5.32 Å². The van der Waals surface area contributed by atoms with Crippen molar-refractivity contribution in [3.63, 3.8) is 0 Å². The Labute approximate surface area is 172 Å². The molecule has 12 heteroatoms. The van der Waals surface area contributed by atoms with Crippen LogP contribution in [-0.2, 0) is 16.2 Å². The summed E-state index contributed by atoms with van der Waals surface area (Å²) in [4.78, 5) is 14.0. The monoisotopic (exact) mass is 445 g/mol. The molecule has 164 valence electrons. The fourth-order valence-electron chi connectivity index (χ4n) is 3.36. The maximum Gasteiger partial charge on any atom is 0.416 e. The Balaban J connectivity index is 1.69. The topological polar surface area (TPSA) is 98.4 Å². The van der Waals surface area contributed by atoms with E-state index in [1.807, 2.05) is 0 Å². The Morgan fingerprint density at radius 2 is 1.90 bits per heavy atom. The van der Waals surface area contributed by atoms with Crippen molar-refractivity contribution in [1.29, 1.82) is 0 Å². The Morgan fingerprint density at radius 1 is 1.17 bits per heavy atom. The van der Waals surface area contributed by atoms with E-state index in [1.54, 1.807) is 13.8 Å². The highest BCUT2D eigenvalue weighted by Gasteiger charge is 2.33. The maximum absolute atomic E-state index is 13.0. The van der Waals surface area contributed by atoms with Crippen molar-refractivity contribution < 1.29 is 26.4 Å². The number of aryl methyl sites for hydroxylation is 2. The first-order valence-electron chi connectivity index (χ1n) is 9.25. The Morgan fingerprint density at radius 3 is 2.53 bits per heavy atom. The van der Waals surface area contributed by atoms with Crippen molar-refractivity contribution in [2.45, 2.75) is 31.3 Å².